The number of hydrogen-bond donors (Lipinski definition) is 0. The van der Waals surface area contributed by atoms with Gasteiger partial charge in [0.25, 0.3) is 0 Å². The minimum atomic E-state index is -0.225. The molecule has 0 fully saturated rings. The Labute approximate surface area is 116 Å². The molecule has 0 N–H and O–H groups in total. The van der Waals surface area contributed by atoms with Gasteiger partial charge in [-0.25, -0.2) is 4.98 Å². The monoisotopic (exact) mass is 281 g/mol. The molecule has 0 saturated carbocycles. The first-order valence-electron chi connectivity index (χ1n) is 6.06. The van der Waals surface area contributed by atoms with Crippen LogP contribution in [0, 0.1) is 0 Å². The Morgan fingerprint density at radius 2 is 2.26 bits per heavy atom. The molecule has 0 atom stereocenters. The third-order valence-electron chi connectivity index (χ3n) is 2.60. The van der Waals surface area contributed by atoms with E-state index in [1.807, 2.05) is 28.6 Å². The number of ether oxygens (including phenoxy) is 1. The average molecular weight is 282 g/mol. The van der Waals surface area contributed by atoms with E-state index in [1.54, 1.807) is 19.2 Å². The third-order valence-corrected chi connectivity index (χ3v) is 2.82. The predicted octanol–water partition coefficient (Wildman–Crippen LogP) is 1.98. The van der Waals surface area contributed by atoms with Crippen molar-refractivity contribution in [2.45, 2.75) is 13.5 Å². The highest BCUT2D eigenvalue weighted by Gasteiger charge is 2.10. The summed E-state index contributed by atoms with van der Waals surface area (Å²) in [5, 5.41) is 0.663. The largest absolute Gasteiger partial charge is 0.465 e. The molecular formula is C13H16ClN3O2. The van der Waals surface area contributed by atoms with Gasteiger partial charge < -0.3 is 9.14 Å². The lowest BCUT2D eigenvalue weighted by Crippen LogP contribution is -2.27. The molecule has 19 heavy (non-hydrogen) atoms. The van der Waals surface area contributed by atoms with Gasteiger partial charge in [0.05, 0.1) is 23.9 Å². The summed E-state index contributed by atoms with van der Waals surface area (Å²) in [7, 11) is 1.86. The Kier molecular flexibility index (Phi) is 4.39. The van der Waals surface area contributed by atoms with E-state index in [1.165, 1.54) is 0 Å². The zero-order valence-corrected chi connectivity index (χ0v) is 11.7. The van der Waals surface area contributed by atoms with Crippen LogP contribution in [-0.4, -0.2) is 40.5 Å². The van der Waals surface area contributed by atoms with E-state index >= 15 is 0 Å². The van der Waals surface area contributed by atoms with Gasteiger partial charge in [-0.15, -0.1) is 0 Å². The lowest BCUT2D eigenvalue weighted by molar-refractivity contribution is -0.144. The van der Waals surface area contributed by atoms with E-state index in [9.17, 15) is 4.79 Å². The van der Waals surface area contributed by atoms with Crippen molar-refractivity contribution < 1.29 is 9.53 Å². The standard InChI is InChI=1S/C13H16ClN3O2/c1-3-19-13(18)9-16(2)7-11-8-17-6-10(14)4-5-12(17)15-11/h4-6,8H,3,7,9H2,1-2H3. The second-order valence-electron chi connectivity index (χ2n) is 4.32. The predicted molar refractivity (Wildman–Crippen MR) is 73.2 cm³/mol. The fourth-order valence-corrected chi connectivity index (χ4v) is 2.02. The van der Waals surface area contributed by atoms with Gasteiger partial charge in [0.15, 0.2) is 0 Å². The first-order valence-corrected chi connectivity index (χ1v) is 6.43. The van der Waals surface area contributed by atoms with Crippen LogP contribution in [0.25, 0.3) is 5.65 Å². The van der Waals surface area contributed by atoms with E-state index in [2.05, 4.69) is 4.98 Å². The second-order valence-corrected chi connectivity index (χ2v) is 4.76. The molecule has 2 rings (SSSR count). The number of nitrogens with zero attached hydrogens (tertiary/aromatic N) is 3. The normalized spacial score (nSPS) is 11.2. The molecule has 0 aliphatic rings. The Balaban J connectivity index is 2.02. The summed E-state index contributed by atoms with van der Waals surface area (Å²) in [6.45, 7) is 3.03. The maximum absolute atomic E-state index is 11.4. The number of fused-ring (bicyclic) bond motifs is 1. The Morgan fingerprint density at radius 3 is 3.00 bits per heavy atom. The molecule has 2 aromatic heterocycles. The third kappa shape index (κ3) is 3.68. The minimum absolute atomic E-state index is 0.225. The molecule has 2 heterocycles. The molecule has 0 amide bonds. The quantitative estimate of drug-likeness (QED) is 0.787. The van der Waals surface area contributed by atoms with Crippen molar-refractivity contribution in [3.8, 4) is 0 Å². The van der Waals surface area contributed by atoms with Gasteiger partial charge in [-0.05, 0) is 26.1 Å². The molecule has 0 aromatic carbocycles. The molecule has 0 bridgehead atoms. The minimum Gasteiger partial charge on any atom is -0.465 e. The van der Waals surface area contributed by atoms with Crippen LogP contribution < -0.4 is 0 Å². The van der Waals surface area contributed by atoms with Gasteiger partial charge in [-0.2, -0.15) is 0 Å². The highest BCUT2D eigenvalue weighted by Crippen LogP contribution is 2.12. The number of aromatic nitrogens is 2. The summed E-state index contributed by atoms with van der Waals surface area (Å²) >= 11 is 5.92. The maximum atomic E-state index is 11.4. The summed E-state index contributed by atoms with van der Waals surface area (Å²) < 4.78 is 6.77. The summed E-state index contributed by atoms with van der Waals surface area (Å²) in [6.07, 6.45) is 3.71. The van der Waals surface area contributed by atoms with Crippen molar-refractivity contribution in [3.63, 3.8) is 0 Å². The van der Waals surface area contributed by atoms with Crippen molar-refractivity contribution in [1.82, 2.24) is 14.3 Å². The number of pyridine rings is 1. The van der Waals surface area contributed by atoms with E-state index in [-0.39, 0.29) is 12.5 Å². The fraction of sp³-hybridized carbons (Fsp3) is 0.385. The molecule has 102 valence electrons. The van der Waals surface area contributed by atoms with Crippen molar-refractivity contribution in [3.05, 3.63) is 35.2 Å². The molecule has 6 heteroatoms. The molecule has 5 nitrogen and oxygen atoms in total. The molecule has 2 aromatic rings. The number of likely N-dealkylation sites (N-methyl/N-ethyl adjacent to an activating group) is 1. The van der Waals surface area contributed by atoms with Gasteiger partial charge in [0, 0.05) is 18.9 Å². The van der Waals surface area contributed by atoms with E-state index in [0.29, 0.717) is 18.2 Å². The molecule has 0 spiro atoms. The Bertz CT molecular complexity index is 582. The van der Waals surface area contributed by atoms with Crippen molar-refractivity contribution >= 4 is 23.2 Å². The van der Waals surface area contributed by atoms with Gasteiger partial charge in [-0.3, -0.25) is 9.69 Å². The van der Waals surface area contributed by atoms with Crippen molar-refractivity contribution in [1.29, 1.82) is 0 Å². The number of imidazole rings is 1. The van der Waals surface area contributed by atoms with Crippen LogP contribution in [0.1, 0.15) is 12.6 Å². The van der Waals surface area contributed by atoms with Crippen LogP contribution in [0.4, 0.5) is 0 Å². The van der Waals surface area contributed by atoms with E-state index in [0.717, 1.165) is 11.3 Å². The first-order chi connectivity index (χ1) is 9.08. The molecule has 0 aliphatic heterocycles. The summed E-state index contributed by atoms with van der Waals surface area (Å²) in [4.78, 5) is 17.7. The summed E-state index contributed by atoms with van der Waals surface area (Å²) in [5.74, 6) is -0.225. The van der Waals surface area contributed by atoms with Crippen molar-refractivity contribution in [2.24, 2.45) is 0 Å². The fourth-order valence-electron chi connectivity index (χ4n) is 1.85. The van der Waals surface area contributed by atoms with Crippen molar-refractivity contribution in [2.75, 3.05) is 20.2 Å². The van der Waals surface area contributed by atoms with Gasteiger partial charge in [0.1, 0.15) is 5.65 Å². The van der Waals surface area contributed by atoms with Crippen LogP contribution in [-0.2, 0) is 16.1 Å². The van der Waals surface area contributed by atoms with E-state index < -0.39 is 0 Å². The maximum Gasteiger partial charge on any atom is 0.320 e. The average Bonchev–Trinajstić information content (AvgIpc) is 2.70. The van der Waals surface area contributed by atoms with Crippen LogP contribution in [0.15, 0.2) is 24.5 Å². The number of carbonyl (C=O) groups is 1. The topological polar surface area (TPSA) is 46.8 Å². The molecule has 0 radical (unpaired) electrons. The molecule has 0 saturated heterocycles. The highest BCUT2D eigenvalue weighted by atomic mass is 35.5. The smallest absolute Gasteiger partial charge is 0.320 e. The van der Waals surface area contributed by atoms with Gasteiger partial charge in [0.2, 0.25) is 0 Å². The van der Waals surface area contributed by atoms with Crippen LogP contribution in [0.3, 0.4) is 0 Å². The number of halogens is 1. The van der Waals surface area contributed by atoms with Crippen LogP contribution in [0.2, 0.25) is 5.02 Å². The van der Waals surface area contributed by atoms with Crippen LogP contribution in [0.5, 0.6) is 0 Å². The first kappa shape index (κ1) is 13.8. The number of carbonyl (C=O) groups excluding carboxylic acids is 1. The highest BCUT2D eigenvalue weighted by molar-refractivity contribution is 6.30. The lowest BCUT2D eigenvalue weighted by Gasteiger charge is -2.13. The van der Waals surface area contributed by atoms with Gasteiger partial charge >= 0.3 is 5.97 Å². The second kappa shape index (κ2) is 6.04. The molecular weight excluding hydrogens is 266 g/mol. The number of rotatable bonds is 5. The van der Waals surface area contributed by atoms with Gasteiger partial charge in [-0.1, -0.05) is 11.6 Å². The SMILES string of the molecule is CCOC(=O)CN(C)Cc1cn2cc(Cl)ccc2n1. The number of hydrogen-bond acceptors (Lipinski definition) is 4. The van der Waals surface area contributed by atoms with Crippen LogP contribution >= 0.6 is 11.6 Å². The summed E-state index contributed by atoms with van der Waals surface area (Å²) in [5.41, 5.74) is 1.72. The van der Waals surface area contributed by atoms with E-state index in [4.69, 9.17) is 16.3 Å². The Morgan fingerprint density at radius 1 is 1.47 bits per heavy atom. The molecule has 0 aliphatic carbocycles. The Hall–Kier alpha value is -1.59. The zero-order valence-electron chi connectivity index (χ0n) is 11.0. The summed E-state index contributed by atoms with van der Waals surface area (Å²) in [6, 6.07) is 3.66. The zero-order chi connectivity index (χ0) is 13.8. The number of esters is 1. The molecule has 0 unspecified atom stereocenters. The lowest BCUT2D eigenvalue weighted by atomic mass is 10.4.